The molecule has 3 aliphatic heterocycles. The molecular weight excluding hydrogens is 628 g/mol. The fourth-order valence-corrected chi connectivity index (χ4v) is 14.0. The third-order valence-corrected chi connectivity index (χ3v) is 17.5. The molecule has 0 aromatic rings. The highest BCUT2D eigenvalue weighted by atomic mass is 32.2. The number of allylic oxidation sites excluding steroid dienone is 1. The summed E-state index contributed by atoms with van der Waals surface area (Å²) in [5.41, 5.74) is 1.94. The van der Waals surface area contributed by atoms with Crippen LogP contribution in [-0.2, 0) is 33.8 Å². The molecule has 8 rings (SSSR count). The minimum Gasteiger partial charge on any atom is -0.462 e. The van der Waals surface area contributed by atoms with Crippen LogP contribution in [0.5, 0.6) is 0 Å². The zero-order chi connectivity index (χ0) is 33.6. The molecule has 5 aliphatic carbocycles. The van der Waals surface area contributed by atoms with Gasteiger partial charge in [0.15, 0.2) is 5.79 Å². The number of nitrogens with zero attached hydrogens (tertiary/aromatic N) is 2. The smallest absolute Gasteiger partial charge is 0.306 e. The Kier molecular flexibility index (Phi) is 8.44. The van der Waals surface area contributed by atoms with Gasteiger partial charge >= 0.3 is 5.97 Å². The van der Waals surface area contributed by atoms with E-state index in [1.807, 2.05) is 0 Å². The number of piperazine rings is 1. The van der Waals surface area contributed by atoms with Gasteiger partial charge in [0.1, 0.15) is 6.10 Å². The van der Waals surface area contributed by atoms with Crippen LogP contribution >= 0.6 is 0 Å². The molecule has 7 fully saturated rings. The summed E-state index contributed by atoms with van der Waals surface area (Å²) in [4.78, 5) is 27.5. The Hall–Kier alpha value is -1.49. The lowest BCUT2D eigenvalue weighted by Crippen LogP contribution is -2.52. The van der Waals surface area contributed by atoms with Gasteiger partial charge in [-0.25, -0.2) is 8.42 Å². The molecule has 0 radical (unpaired) electrons. The molecule has 1 amide bonds. The van der Waals surface area contributed by atoms with Crippen LogP contribution in [0.25, 0.3) is 0 Å². The minimum atomic E-state index is -3.21. The Morgan fingerprint density at radius 1 is 0.958 bits per heavy atom. The predicted octanol–water partition coefficient (Wildman–Crippen LogP) is 5.68. The molecule has 268 valence electrons. The van der Waals surface area contributed by atoms with Crippen LogP contribution in [0.2, 0.25) is 0 Å². The highest BCUT2D eigenvalue weighted by Crippen LogP contribution is 2.70. The average Bonchev–Trinajstić information content (AvgIpc) is 3.84. The SMILES string of the molecule is C[C@@H]1CC[C@@]2(OC1)O[C@H]1C[C@H]3[C@@H]4CC=C5C[C@@H](OC(=O)CCC(=O)N6CCN(S(=O)(=O)C7CC7)CC6)CC[C@]5(C)[C@H]4CC[C@]3(C)[C@H]1[C@@H]2C. The van der Waals surface area contributed by atoms with Gasteiger partial charge in [-0.1, -0.05) is 39.3 Å². The van der Waals surface area contributed by atoms with Crippen molar-refractivity contribution in [2.45, 2.75) is 134 Å². The summed E-state index contributed by atoms with van der Waals surface area (Å²) < 4.78 is 46.0. The van der Waals surface area contributed by atoms with Crippen molar-refractivity contribution in [3.05, 3.63) is 11.6 Å². The summed E-state index contributed by atoms with van der Waals surface area (Å²) in [6.07, 6.45) is 14.2. The Bertz CT molecular complexity index is 1430. The number of carbonyl (C=O) groups excluding carboxylic acids is 2. The molecule has 9 nitrogen and oxygen atoms in total. The van der Waals surface area contributed by atoms with Crippen molar-refractivity contribution in [3.63, 3.8) is 0 Å². The topological polar surface area (TPSA) is 102 Å². The molecule has 0 aromatic heterocycles. The van der Waals surface area contributed by atoms with Gasteiger partial charge < -0.3 is 19.1 Å². The summed E-state index contributed by atoms with van der Waals surface area (Å²) in [5.74, 6) is 2.91. The first-order valence-corrected chi connectivity index (χ1v) is 20.8. The van der Waals surface area contributed by atoms with Gasteiger partial charge in [0.2, 0.25) is 15.9 Å². The molecule has 10 heteroatoms. The number of ether oxygens (including phenoxy) is 3. The maximum absolute atomic E-state index is 12.9. The van der Waals surface area contributed by atoms with Crippen molar-refractivity contribution in [2.75, 3.05) is 32.8 Å². The first-order valence-electron chi connectivity index (χ1n) is 19.3. The molecule has 0 unspecified atom stereocenters. The molecule has 4 saturated carbocycles. The molecule has 1 spiro atoms. The normalized spacial score (nSPS) is 45.9. The predicted molar refractivity (Wildman–Crippen MR) is 181 cm³/mol. The lowest BCUT2D eigenvalue weighted by Gasteiger charge is -2.58. The zero-order valence-corrected chi connectivity index (χ0v) is 30.5. The van der Waals surface area contributed by atoms with E-state index in [-0.39, 0.29) is 47.3 Å². The van der Waals surface area contributed by atoms with Crippen LogP contribution in [0.15, 0.2) is 11.6 Å². The van der Waals surface area contributed by atoms with Crippen molar-refractivity contribution in [2.24, 2.45) is 46.3 Å². The standard InChI is InChI=1S/C38H58N2O7S/c1-24-11-16-38(45-23-24)25(2)35-32(47-38)22-31-29-8-5-26-21-27(12-14-36(26,3)30(29)13-15-37(31,35)4)46-34(42)10-9-33(41)39-17-19-40(20-18-39)48(43,44)28-6-7-28/h5,24-25,27-32,35H,6-23H2,1-4H3/t24-,25+,27+,29-,30+,31+,32+,35+,36+,37+,38-/m1/s1. The maximum Gasteiger partial charge on any atom is 0.306 e. The number of amides is 1. The van der Waals surface area contributed by atoms with Crippen molar-refractivity contribution in [3.8, 4) is 0 Å². The van der Waals surface area contributed by atoms with Gasteiger partial charge in [-0.15, -0.1) is 0 Å². The third-order valence-electron chi connectivity index (χ3n) is 15.1. The van der Waals surface area contributed by atoms with Gasteiger partial charge in [0, 0.05) is 51.4 Å². The highest BCUT2D eigenvalue weighted by Gasteiger charge is 2.68. The number of hydrogen-bond acceptors (Lipinski definition) is 7. The summed E-state index contributed by atoms with van der Waals surface area (Å²) in [6, 6.07) is 0. The Morgan fingerprint density at radius 2 is 1.73 bits per heavy atom. The Balaban J connectivity index is 0.844. The Labute approximate surface area is 287 Å². The van der Waals surface area contributed by atoms with E-state index in [0.717, 1.165) is 51.6 Å². The van der Waals surface area contributed by atoms with Gasteiger partial charge in [-0.3, -0.25) is 9.59 Å². The molecular formula is C38H58N2O7S. The molecule has 3 heterocycles. The number of esters is 1. The van der Waals surface area contributed by atoms with E-state index in [9.17, 15) is 18.0 Å². The number of carbonyl (C=O) groups is 2. The monoisotopic (exact) mass is 686 g/mol. The number of sulfonamides is 1. The van der Waals surface area contributed by atoms with E-state index < -0.39 is 10.0 Å². The van der Waals surface area contributed by atoms with E-state index in [1.54, 1.807) is 4.90 Å². The minimum absolute atomic E-state index is 0.0748. The summed E-state index contributed by atoms with van der Waals surface area (Å²) in [7, 11) is -3.21. The fourth-order valence-electron chi connectivity index (χ4n) is 12.1. The van der Waals surface area contributed by atoms with Crippen LogP contribution in [0.3, 0.4) is 0 Å². The summed E-state index contributed by atoms with van der Waals surface area (Å²) >= 11 is 0. The average molecular weight is 687 g/mol. The molecule has 11 atom stereocenters. The first kappa shape index (κ1) is 33.6. The second-order valence-corrected chi connectivity index (χ2v) is 19.9. The van der Waals surface area contributed by atoms with Gasteiger partial charge in [0.25, 0.3) is 0 Å². The van der Waals surface area contributed by atoms with E-state index >= 15 is 0 Å². The zero-order valence-electron chi connectivity index (χ0n) is 29.7. The second-order valence-electron chi connectivity index (χ2n) is 17.7. The van der Waals surface area contributed by atoms with Crippen molar-refractivity contribution >= 4 is 21.9 Å². The number of hydrogen-bond donors (Lipinski definition) is 0. The largest absolute Gasteiger partial charge is 0.462 e. The van der Waals surface area contributed by atoms with Crippen LogP contribution in [0.1, 0.15) is 111 Å². The van der Waals surface area contributed by atoms with Gasteiger partial charge in [0.05, 0.1) is 24.4 Å². The Morgan fingerprint density at radius 3 is 2.44 bits per heavy atom. The van der Waals surface area contributed by atoms with Gasteiger partial charge in [-0.05, 0) is 98.2 Å². The quantitative estimate of drug-likeness (QED) is 0.262. The summed E-state index contributed by atoms with van der Waals surface area (Å²) in [6.45, 7) is 12.1. The molecule has 48 heavy (non-hydrogen) atoms. The number of fused-ring (bicyclic) bond motifs is 7. The lowest BCUT2D eigenvalue weighted by molar-refractivity contribution is -0.272. The molecule has 3 saturated heterocycles. The van der Waals surface area contributed by atoms with Gasteiger partial charge in [-0.2, -0.15) is 4.31 Å². The van der Waals surface area contributed by atoms with E-state index in [2.05, 4.69) is 33.8 Å². The van der Waals surface area contributed by atoms with Crippen LogP contribution in [0, 0.1) is 46.3 Å². The van der Waals surface area contributed by atoms with E-state index in [0.29, 0.717) is 73.2 Å². The molecule has 0 aromatic carbocycles. The van der Waals surface area contributed by atoms with Crippen LogP contribution < -0.4 is 0 Å². The van der Waals surface area contributed by atoms with Crippen molar-refractivity contribution in [1.29, 1.82) is 0 Å². The van der Waals surface area contributed by atoms with Crippen LogP contribution in [-0.4, -0.2) is 85.5 Å². The van der Waals surface area contributed by atoms with Crippen molar-refractivity contribution < 1.29 is 32.2 Å². The third kappa shape index (κ3) is 5.44. The fraction of sp³-hybridized carbons (Fsp3) is 0.895. The molecule has 8 aliphatic rings. The lowest BCUT2D eigenvalue weighted by atomic mass is 9.47. The molecule has 0 bridgehead atoms. The first-order chi connectivity index (χ1) is 22.8. The van der Waals surface area contributed by atoms with Crippen LogP contribution in [0.4, 0.5) is 0 Å². The summed E-state index contributed by atoms with van der Waals surface area (Å²) in [5, 5.41) is -0.225. The number of rotatable bonds is 6. The molecule has 0 N–H and O–H groups in total. The van der Waals surface area contributed by atoms with E-state index in [4.69, 9.17) is 14.2 Å². The second kappa shape index (κ2) is 12.0. The highest BCUT2D eigenvalue weighted by molar-refractivity contribution is 7.90. The van der Waals surface area contributed by atoms with Crippen molar-refractivity contribution in [1.82, 2.24) is 9.21 Å². The maximum atomic E-state index is 12.9. The van der Waals surface area contributed by atoms with E-state index in [1.165, 1.54) is 35.6 Å².